The molecular formula is C24H32N2O3. The molecular weight excluding hydrogens is 364 g/mol. The van der Waals surface area contributed by atoms with E-state index in [2.05, 4.69) is 32.9 Å². The summed E-state index contributed by atoms with van der Waals surface area (Å²) in [6.45, 7) is 10.3. The van der Waals surface area contributed by atoms with E-state index in [-0.39, 0.29) is 23.5 Å². The van der Waals surface area contributed by atoms with Gasteiger partial charge in [-0.1, -0.05) is 62.7 Å². The average molecular weight is 397 g/mol. The number of amides is 1. The van der Waals surface area contributed by atoms with Crippen molar-refractivity contribution in [1.82, 2.24) is 4.90 Å². The Balaban J connectivity index is 1.91. The number of aryl methyl sites for hydroxylation is 1. The largest absolute Gasteiger partial charge is 0.491 e. The van der Waals surface area contributed by atoms with E-state index in [1.54, 1.807) is 0 Å². The van der Waals surface area contributed by atoms with Gasteiger partial charge >= 0.3 is 0 Å². The summed E-state index contributed by atoms with van der Waals surface area (Å²) in [6, 6.07) is 15.8. The molecule has 2 N–H and O–H groups in total. The number of ether oxygens (including phenoxy) is 2. The zero-order chi connectivity index (χ0) is 21.0. The van der Waals surface area contributed by atoms with Gasteiger partial charge in [-0.05, 0) is 30.0 Å². The molecule has 0 radical (unpaired) electrons. The van der Waals surface area contributed by atoms with Gasteiger partial charge in [-0.2, -0.15) is 0 Å². The minimum absolute atomic E-state index is 0.0285. The van der Waals surface area contributed by atoms with Gasteiger partial charge in [-0.25, -0.2) is 0 Å². The fourth-order valence-electron chi connectivity index (χ4n) is 3.53. The van der Waals surface area contributed by atoms with Crippen LogP contribution in [0.3, 0.4) is 0 Å². The van der Waals surface area contributed by atoms with Gasteiger partial charge in [0.25, 0.3) is 5.91 Å². The number of carbonyl (C=O) groups excluding carboxylic acids is 1. The van der Waals surface area contributed by atoms with Crippen molar-refractivity contribution >= 4 is 5.91 Å². The van der Waals surface area contributed by atoms with E-state index < -0.39 is 0 Å². The summed E-state index contributed by atoms with van der Waals surface area (Å²) >= 11 is 0. The first kappa shape index (κ1) is 21.3. The number of morpholine rings is 1. The van der Waals surface area contributed by atoms with Crippen molar-refractivity contribution in [2.75, 3.05) is 26.2 Å². The van der Waals surface area contributed by atoms with Crippen molar-refractivity contribution in [2.45, 2.75) is 39.9 Å². The Kier molecular flexibility index (Phi) is 6.60. The Hall–Kier alpha value is -2.37. The number of nitrogens with two attached hydrogens (primary N) is 1. The summed E-state index contributed by atoms with van der Waals surface area (Å²) in [4.78, 5) is 15.4. The Morgan fingerprint density at radius 3 is 2.55 bits per heavy atom. The van der Waals surface area contributed by atoms with Crippen molar-refractivity contribution in [3.05, 3.63) is 65.2 Å². The SMILES string of the molecule is Cc1ccc(OCCN)c(C(=O)N2C[C@@H](c3ccccc3)O[C@@H](C(C)(C)C)C2)c1. The molecule has 1 heterocycles. The minimum Gasteiger partial charge on any atom is -0.491 e. The summed E-state index contributed by atoms with van der Waals surface area (Å²) in [7, 11) is 0. The number of rotatable bonds is 5. The highest BCUT2D eigenvalue weighted by Crippen LogP contribution is 2.34. The van der Waals surface area contributed by atoms with Crippen LogP contribution in [0, 0.1) is 12.3 Å². The second kappa shape index (κ2) is 8.97. The summed E-state index contributed by atoms with van der Waals surface area (Å²) in [5.41, 5.74) is 8.19. The molecule has 0 aliphatic carbocycles. The number of hydrogen-bond acceptors (Lipinski definition) is 4. The first-order valence-electron chi connectivity index (χ1n) is 10.2. The number of benzene rings is 2. The van der Waals surface area contributed by atoms with Crippen LogP contribution in [-0.4, -0.2) is 43.2 Å². The van der Waals surface area contributed by atoms with Crippen molar-refractivity contribution in [2.24, 2.45) is 11.1 Å². The second-order valence-electron chi connectivity index (χ2n) is 8.74. The number of hydrogen-bond donors (Lipinski definition) is 1. The van der Waals surface area contributed by atoms with Gasteiger partial charge in [0.2, 0.25) is 0 Å². The van der Waals surface area contributed by atoms with E-state index in [1.807, 2.05) is 48.2 Å². The Bertz CT molecular complexity index is 830. The normalized spacial score (nSPS) is 19.8. The highest BCUT2D eigenvalue weighted by atomic mass is 16.5. The summed E-state index contributed by atoms with van der Waals surface area (Å²) in [6.07, 6.45) is -0.222. The fraction of sp³-hybridized carbons (Fsp3) is 0.458. The molecule has 1 saturated heterocycles. The maximum Gasteiger partial charge on any atom is 0.257 e. The highest BCUT2D eigenvalue weighted by Gasteiger charge is 2.38. The lowest BCUT2D eigenvalue weighted by molar-refractivity contribution is -0.119. The molecule has 0 aromatic heterocycles. The lowest BCUT2D eigenvalue weighted by Crippen LogP contribution is -2.51. The third kappa shape index (κ3) is 5.17. The van der Waals surface area contributed by atoms with E-state index in [1.165, 1.54) is 0 Å². The molecule has 1 fully saturated rings. The van der Waals surface area contributed by atoms with Gasteiger partial charge in [0.1, 0.15) is 18.5 Å². The molecule has 0 unspecified atom stereocenters. The van der Waals surface area contributed by atoms with Crippen molar-refractivity contribution in [3.63, 3.8) is 0 Å². The van der Waals surface area contributed by atoms with Crippen LogP contribution in [0.5, 0.6) is 5.75 Å². The molecule has 29 heavy (non-hydrogen) atoms. The molecule has 1 aliphatic heterocycles. The van der Waals surface area contributed by atoms with E-state index in [0.29, 0.717) is 37.6 Å². The standard InChI is InChI=1S/C24H32N2O3/c1-17-10-11-20(28-13-12-25)19(14-17)23(27)26-15-21(18-8-6-5-7-9-18)29-22(16-26)24(2,3)4/h5-11,14,21-22H,12-13,15-16,25H2,1-4H3/t21-,22+/m0/s1. The van der Waals surface area contributed by atoms with Crippen LogP contribution >= 0.6 is 0 Å². The molecule has 0 spiro atoms. The van der Waals surface area contributed by atoms with Crippen molar-refractivity contribution in [3.8, 4) is 5.75 Å². The quantitative estimate of drug-likeness (QED) is 0.831. The average Bonchev–Trinajstić information content (AvgIpc) is 2.72. The Labute approximate surface area is 173 Å². The van der Waals surface area contributed by atoms with E-state index in [9.17, 15) is 4.79 Å². The maximum atomic E-state index is 13.5. The monoisotopic (exact) mass is 396 g/mol. The van der Waals surface area contributed by atoms with Crippen LogP contribution in [0.2, 0.25) is 0 Å². The third-order valence-electron chi connectivity index (χ3n) is 5.27. The van der Waals surface area contributed by atoms with Gasteiger partial charge < -0.3 is 20.1 Å². The van der Waals surface area contributed by atoms with Crippen LogP contribution in [0.15, 0.2) is 48.5 Å². The van der Waals surface area contributed by atoms with Crippen molar-refractivity contribution in [1.29, 1.82) is 0 Å². The first-order chi connectivity index (χ1) is 13.8. The molecule has 0 saturated carbocycles. The molecule has 0 bridgehead atoms. The van der Waals surface area contributed by atoms with Gasteiger partial charge in [0.15, 0.2) is 0 Å². The van der Waals surface area contributed by atoms with Crippen LogP contribution in [-0.2, 0) is 4.74 Å². The molecule has 1 aliphatic rings. The lowest BCUT2D eigenvalue weighted by atomic mass is 9.87. The van der Waals surface area contributed by atoms with Crippen molar-refractivity contribution < 1.29 is 14.3 Å². The smallest absolute Gasteiger partial charge is 0.257 e. The van der Waals surface area contributed by atoms with Gasteiger partial charge in [0, 0.05) is 13.1 Å². The Morgan fingerprint density at radius 2 is 1.90 bits per heavy atom. The van der Waals surface area contributed by atoms with Gasteiger partial charge in [0.05, 0.1) is 18.2 Å². The van der Waals surface area contributed by atoms with E-state index in [0.717, 1.165) is 11.1 Å². The third-order valence-corrected chi connectivity index (χ3v) is 5.27. The second-order valence-corrected chi connectivity index (χ2v) is 8.74. The number of carbonyl (C=O) groups is 1. The summed E-state index contributed by atoms with van der Waals surface area (Å²) < 4.78 is 12.2. The number of nitrogens with zero attached hydrogens (tertiary/aromatic N) is 1. The molecule has 2 aromatic carbocycles. The van der Waals surface area contributed by atoms with E-state index >= 15 is 0 Å². The predicted molar refractivity (Wildman–Crippen MR) is 115 cm³/mol. The van der Waals surface area contributed by atoms with E-state index in [4.69, 9.17) is 15.2 Å². The molecule has 1 amide bonds. The Morgan fingerprint density at radius 1 is 1.17 bits per heavy atom. The summed E-state index contributed by atoms with van der Waals surface area (Å²) in [5, 5.41) is 0. The fourth-order valence-corrected chi connectivity index (χ4v) is 3.53. The highest BCUT2D eigenvalue weighted by molar-refractivity contribution is 5.97. The van der Waals surface area contributed by atoms with Crippen LogP contribution in [0.1, 0.15) is 48.4 Å². The molecule has 5 nitrogen and oxygen atoms in total. The summed E-state index contributed by atoms with van der Waals surface area (Å²) in [5.74, 6) is 0.556. The molecule has 5 heteroatoms. The topological polar surface area (TPSA) is 64.8 Å². The van der Waals surface area contributed by atoms with Crippen LogP contribution in [0.4, 0.5) is 0 Å². The lowest BCUT2D eigenvalue weighted by Gasteiger charge is -2.43. The van der Waals surface area contributed by atoms with Crippen LogP contribution in [0.25, 0.3) is 0 Å². The molecule has 156 valence electrons. The maximum absolute atomic E-state index is 13.5. The molecule has 2 aromatic rings. The molecule has 3 rings (SSSR count). The predicted octanol–water partition coefficient (Wildman–Crippen LogP) is 3.96. The zero-order valence-electron chi connectivity index (χ0n) is 17.9. The minimum atomic E-state index is -0.156. The van der Waals surface area contributed by atoms with Gasteiger partial charge in [-0.15, -0.1) is 0 Å². The van der Waals surface area contributed by atoms with Gasteiger partial charge in [-0.3, -0.25) is 4.79 Å². The van der Waals surface area contributed by atoms with Crippen LogP contribution < -0.4 is 10.5 Å². The zero-order valence-corrected chi connectivity index (χ0v) is 17.9. The molecule has 2 atom stereocenters. The first-order valence-corrected chi connectivity index (χ1v) is 10.2.